The lowest BCUT2D eigenvalue weighted by Crippen LogP contribution is -2.22. The van der Waals surface area contributed by atoms with E-state index in [1.807, 2.05) is 0 Å². The Hall–Kier alpha value is -3.72. The van der Waals surface area contributed by atoms with Gasteiger partial charge in [0.2, 0.25) is 6.79 Å². The summed E-state index contributed by atoms with van der Waals surface area (Å²) in [4.78, 5) is 23.6. The van der Waals surface area contributed by atoms with Crippen molar-refractivity contribution >= 4 is 17.7 Å². The molecule has 2 aromatic rings. The number of aliphatic hydroxyl groups is 1. The van der Waals surface area contributed by atoms with Gasteiger partial charge in [-0.3, -0.25) is 5.32 Å². The van der Waals surface area contributed by atoms with Crippen LogP contribution in [0.3, 0.4) is 0 Å². The van der Waals surface area contributed by atoms with Crippen molar-refractivity contribution in [3.63, 3.8) is 0 Å². The zero-order valence-corrected chi connectivity index (χ0v) is 16.8. The van der Waals surface area contributed by atoms with Gasteiger partial charge in [-0.1, -0.05) is 31.2 Å². The number of carboxylic acid groups (broad SMARTS) is 1. The van der Waals surface area contributed by atoms with E-state index in [1.54, 1.807) is 49.4 Å². The maximum Gasteiger partial charge on any atom is 0.412 e. The zero-order chi connectivity index (χ0) is 22.2. The van der Waals surface area contributed by atoms with E-state index in [4.69, 9.17) is 29.2 Å². The third-order valence-corrected chi connectivity index (χ3v) is 4.45. The summed E-state index contributed by atoms with van der Waals surface area (Å²) in [6.07, 6.45) is 0.841. The van der Waals surface area contributed by atoms with E-state index in [2.05, 4.69) is 5.32 Å². The molecule has 0 unspecified atom stereocenters. The van der Waals surface area contributed by atoms with E-state index >= 15 is 0 Å². The van der Waals surface area contributed by atoms with Crippen LogP contribution in [0.2, 0.25) is 0 Å². The first-order valence-electron chi connectivity index (χ1n) is 9.59. The second-order valence-electron chi connectivity index (χ2n) is 6.69. The van der Waals surface area contributed by atoms with Gasteiger partial charge in [0, 0.05) is 29.3 Å². The van der Waals surface area contributed by atoms with Gasteiger partial charge in [0.1, 0.15) is 18.5 Å². The molecule has 0 bridgehead atoms. The molecule has 9 nitrogen and oxygen atoms in total. The number of aliphatic hydroxyl groups excluding tert-OH is 1. The molecule has 0 aliphatic carbocycles. The lowest BCUT2D eigenvalue weighted by molar-refractivity contribution is -0.131. The zero-order valence-electron chi connectivity index (χ0n) is 16.8. The van der Waals surface area contributed by atoms with E-state index < -0.39 is 24.1 Å². The fourth-order valence-corrected chi connectivity index (χ4v) is 3.03. The summed E-state index contributed by atoms with van der Waals surface area (Å²) in [5, 5.41) is 20.7. The Bertz CT molecular complexity index is 958. The van der Waals surface area contributed by atoms with E-state index in [-0.39, 0.29) is 20.0 Å². The van der Waals surface area contributed by atoms with Crippen molar-refractivity contribution in [2.75, 3.05) is 25.3 Å². The summed E-state index contributed by atoms with van der Waals surface area (Å²) in [7, 11) is 0. The lowest BCUT2D eigenvalue weighted by atomic mass is 9.96. The van der Waals surface area contributed by atoms with Gasteiger partial charge in [0.05, 0.1) is 6.61 Å². The van der Waals surface area contributed by atoms with Crippen LogP contribution >= 0.6 is 0 Å². The molecule has 1 aliphatic rings. The molecule has 1 heterocycles. The summed E-state index contributed by atoms with van der Waals surface area (Å²) in [5.74, 6) is -0.0836. The molecule has 2 atom stereocenters. The second-order valence-corrected chi connectivity index (χ2v) is 6.69. The monoisotopic (exact) mass is 429 g/mol. The van der Waals surface area contributed by atoms with E-state index in [1.165, 1.54) is 6.08 Å². The molecule has 164 valence electrons. The Morgan fingerprint density at radius 2 is 1.97 bits per heavy atom. The lowest BCUT2D eigenvalue weighted by Gasteiger charge is -2.24. The summed E-state index contributed by atoms with van der Waals surface area (Å²) in [6, 6.07) is 11.8. The first-order chi connectivity index (χ1) is 15.0. The highest BCUT2D eigenvalue weighted by Gasteiger charge is 2.26. The van der Waals surface area contributed by atoms with Crippen LogP contribution in [0.1, 0.15) is 18.6 Å². The van der Waals surface area contributed by atoms with Crippen molar-refractivity contribution in [1.82, 2.24) is 0 Å². The Labute approximate surface area is 178 Å². The number of hydrogen-bond donors (Lipinski definition) is 3. The van der Waals surface area contributed by atoms with Crippen molar-refractivity contribution in [3.05, 3.63) is 60.2 Å². The number of anilines is 1. The molecule has 9 heteroatoms. The van der Waals surface area contributed by atoms with E-state index in [0.717, 1.165) is 6.08 Å². The highest BCUT2D eigenvalue weighted by Crippen LogP contribution is 2.36. The van der Waals surface area contributed by atoms with Gasteiger partial charge in [0.25, 0.3) is 0 Å². The van der Waals surface area contributed by atoms with Crippen LogP contribution < -0.4 is 19.5 Å². The smallest absolute Gasteiger partial charge is 0.412 e. The first-order valence-corrected chi connectivity index (χ1v) is 9.59. The molecule has 0 aromatic heterocycles. The number of para-hydroxylation sites is 1. The van der Waals surface area contributed by atoms with Crippen molar-refractivity contribution in [3.8, 4) is 17.2 Å². The summed E-state index contributed by atoms with van der Waals surface area (Å²) in [5.41, 5.74) is 0.992. The summed E-state index contributed by atoms with van der Waals surface area (Å²) >= 11 is 0. The predicted molar refractivity (Wildman–Crippen MR) is 110 cm³/mol. The van der Waals surface area contributed by atoms with E-state index in [0.29, 0.717) is 28.5 Å². The number of rotatable bonds is 9. The number of carbonyl (C=O) groups is 2. The van der Waals surface area contributed by atoms with Gasteiger partial charge in [-0.2, -0.15) is 0 Å². The van der Waals surface area contributed by atoms with E-state index in [9.17, 15) is 9.59 Å². The molecule has 0 saturated heterocycles. The number of carbonyl (C=O) groups excluding carboxylic acids is 1. The molecular formula is C22H23NO8. The van der Waals surface area contributed by atoms with Crippen LogP contribution in [0.4, 0.5) is 10.5 Å². The minimum Gasteiger partial charge on any atom is -0.491 e. The molecule has 1 amide bonds. The first kappa shape index (κ1) is 22.0. The molecule has 1 aliphatic heterocycles. The Kier molecular flexibility index (Phi) is 7.34. The minimum absolute atomic E-state index is 0.0620. The van der Waals surface area contributed by atoms with Crippen LogP contribution in [-0.4, -0.2) is 42.3 Å². The maximum absolute atomic E-state index is 12.6. The average molecular weight is 429 g/mol. The van der Waals surface area contributed by atoms with Gasteiger partial charge in [-0.15, -0.1) is 0 Å². The van der Waals surface area contributed by atoms with Crippen LogP contribution in [0, 0.1) is 5.92 Å². The average Bonchev–Trinajstić information content (AvgIpc) is 3.22. The summed E-state index contributed by atoms with van der Waals surface area (Å²) in [6.45, 7) is 1.72. The Morgan fingerprint density at radius 1 is 1.19 bits per heavy atom. The SMILES string of the molecule is C[C@H](/C=C/C(=O)O)[C@@H](OC(=O)Nc1ccc2c(c1)OCO2)c1ccccc1OCCO. The molecule has 0 spiro atoms. The molecule has 0 saturated carbocycles. The minimum atomic E-state index is -1.11. The van der Waals surface area contributed by atoms with Crippen molar-refractivity contribution in [2.45, 2.75) is 13.0 Å². The Morgan fingerprint density at radius 3 is 2.74 bits per heavy atom. The molecule has 0 radical (unpaired) electrons. The molecule has 2 aromatic carbocycles. The third-order valence-electron chi connectivity index (χ3n) is 4.45. The number of fused-ring (bicyclic) bond motifs is 1. The number of hydrogen-bond acceptors (Lipinski definition) is 7. The number of carboxylic acids is 1. The Balaban J connectivity index is 1.81. The van der Waals surface area contributed by atoms with Crippen LogP contribution in [0.25, 0.3) is 0 Å². The topological polar surface area (TPSA) is 124 Å². The third kappa shape index (κ3) is 5.89. The maximum atomic E-state index is 12.6. The van der Waals surface area contributed by atoms with Crippen LogP contribution in [0.5, 0.6) is 17.2 Å². The van der Waals surface area contributed by atoms with Crippen molar-refractivity contribution < 1.29 is 38.7 Å². The number of ether oxygens (including phenoxy) is 4. The van der Waals surface area contributed by atoms with Gasteiger partial charge >= 0.3 is 12.1 Å². The quantitative estimate of drug-likeness (QED) is 0.519. The van der Waals surface area contributed by atoms with Gasteiger partial charge in [-0.05, 0) is 18.2 Å². The fourth-order valence-electron chi connectivity index (χ4n) is 3.03. The van der Waals surface area contributed by atoms with Crippen molar-refractivity contribution in [1.29, 1.82) is 0 Å². The normalized spacial score (nSPS) is 14.1. The molecule has 3 rings (SSSR count). The van der Waals surface area contributed by atoms with Crippen LogP contribution in [-0.2, 0) is 9.53 Å². The largest absolute Gasteiger partial charge is 0.491 e. The number of amides is 1. The number of benzene rings is 2. The van der Waals surface area contributed by atoms with Gasteiger partial charge in [0.15, 0.2) is 11.5 Å². The van der Waals surface area contributed by atoms with Gasteiger partial charge in [-0.25, -0.2) is 9.59 Å². The summed E-state index contributed by atoms with van der Waals surface area (Å²) < 4.78 is 21.8. The van der Waals surface area contributed by atoms with Crippen molar-refractivity contribution in [2.24, 2.45) is 5.92 Å². The molecule has 31 heavy (non-hydrogen) atoms. The highest BCUT2D eigenvalue weighted by molar-refractivity contribution is 5.85. The number of nitrogens with one attached hydrogen (secondary N) is 1. The van der Waals surface area contributed by atoms with Crippen LogP contribution in [0.15, 0.2) is 54.6 Å². The number of aliphatic carboxylic acids is 1. The molecular weight excluding hydrogens is 406 g/mol. The highest BCUT2D eigenvalue weighted by atomic mass is 16.7. The van der Waals surface area contributed by atoms with Gasteiger partial charge < -0.3 is 29.2 Å². The molecule has 0 fully saturated rings. The fraction of sp³-hybridized carbons (Fsp3) is 0.273. The second kappa shape index (κ2) is 10.4. The molecule has 3 N–H and O–H groups in total. The predicted octanol–water partition coefficient (Wildman–Crippen LogP) is 3.35. The standard InChI is InChI=1S/C22H23NO8/c1-14(6-9-20(25)26)21(16-4-2-3-5-17(16)28-11-10-24)31-22(27)23-15-7-8-18-19(12-15)30-13-29-18/h2-9,12,14,21,24H,10-11,13H2,1H3,(H,23,27)(H,25,26)/b9-6+/t14-,21-/m1/s1.